The Balaban J connectivity index is 1.71. The van der Waals surface area contributed by atoms with Gasteiger partial charge in [-0.15, -0.1) is 0 Å². The van der Waals surface area contributed by atoms with Crippen molar-refractivity contribution in [1.82, 2.24) is 5.43 Å². The van der Waals surface area contributed by atoms with E-state index < -0.39 is 0 Å². The first kappa shape index (κ1) is 21.7. The molecule has 158 valence electrons. The number of hydrogen-bond donors (Lipinski definition) is 1. The minimum atomic E-state index is -0.374. The van der Waals surface area contributed by atoms with Gasteiger partial charge in [0.15, 0.2) is 6.61 Å². The van der Waals surface area contributed by atoms with Crippen molar-refractivity contribution < 1.29 is 14.3 Å². The van der Waals surface area contributed by atoms with Crippen LogP contribution in [0.4, 0.5) is 5.69 Å². The summed E-state index contributed by atoms with van der Waals surface area (Å²) in [5.41, 5.74) is 6.54. The van der Waals surface area contributed by atoms with Crippen molar-refractivity contribution in [1.29, 1.82) is 0 Å². The van der Waals surface area contributed by atoms with Crippen LogP contribution in [0.3, 0.4) is 0 Å². The third-order valence-electron chi connectivity index (χ3n) is 5.13. The number of allylic oxidation sites excluding steroid dienone is 1. The van der Waals surface area contributed by atoms with Crippen LogP contribution in [0.5, 0.6) is 11.5 Å². The monoisotopic (exact) mass is 427 g/mol. The molecule has 6 nitrogen and oxygen atoms in total. The zero-order valence-electron chi connectivity index (χ0n) is 17.8. The summed E-state index contributed by atoms with van der Waals surface area (Å²) in [5, 5.41) is 4.60. The number of anilines is 1. The standard InChI is InChI=1S/C23H26ClN3O3/c1-15-12-23(2,3)27(4)20-11-21(29-5)16(9-19(15)20)13-25-26-22(28)14-30-18-8-6-7-17(24)10-18/h6-13H,14H2,1-5H3,(H,26,28)/b25-13+. The number of carbonyl (C=O) groups is 1. The first-order chi connectivity index (χ1) is 14.2. The van der Waals surface area contributed by atoms with E-state index in [4.69, 9.17) is 21.1 Å². The Kier molecular flexibility index (Phi) is 6.37. The van der Waals surface area contributed by atoms with Gasteiger partial charge in [0, 0.05) is 35.0 Å². The highest BCUT2D eigenvalue weighted by Crippen LogP contribution is 2.40. The number of amides is 1. The van der Waals surface area contributed by atoms with E-state index >= 15 is 0 Å². The number of benzene rings is 2. The molecule has 0 bridgehead atoms. The quantitative estimate of drug-likeness (QED) is 0.544. The van der Waals surface area contributed by atoms with Gasteiger partial charge in [-0.1, -0.05) is 23.7 Å². The van der Waals surface area contributed by atoms with E-state index in [1.165, 1.54) is 5.57 Å². The molecule has 1 heterocycles. The van der Waals surface area contributed by atoms with Gasteiger partial charge in [0.1, 0.15) is 11.5 Å². The Morgan fingerprint density at radius 2 is 2.07 bits per heavy atom. The van der Waals surface area contributed by atoms with Gasteiger partial charge >= 0.3 is 0 Å². The minimum Gasteiger partial charge on any atom is -0.496 e. The second-order valence-corrected chi connectivity index (χ2v) is 8.13. The molecule has 0 fully saturated rings. The van der Waals surface area contributed by atoms with Crippen molar-refractivity contribution in [3.63, 3.8) is 0 Å². The number of likely N-dealkylation sites (N-methyl/N-ethyl adjacent to an activating group) is 1. The lowest BCUT2D eigenvalue weighted by Gasteiger charge is -2.40. The summed E-state index contributed by atoms with van der Waals surface area (Å²) in [5.74, 6) is 0.826. The number of hydrazone groups is 1. The number of fused-ring (bicyclic) bond motifs is 1. The van der Waals surface area contributed by atoms with E-state index in [1.54, 1.807) is 37.6 Å². The van der Waals surface area contributed by atoms with Gasteiger partial charge < -0.3 is 14.4 Å². The second kappa shape index (κ2) is 8.79. The maximum absolute atomic E-state index is 12.0. The molecular formula is C23H26ClN3O3. The van der Waals surface area contributed by atoms with Crippen molar-refractivity contribution >= 4 is 35.0 Å². The van der Waals surface area contributed by atoms with Crippen molar-refractivity contribution in [2.24, 2.45) is 5.10 Å². The molecule has 1 aliphatic rings. The van der Waals surface area contributed by atoms with Gasteiger partial charge in [-0.05, 0) is 50.6 Å². The van der Waals surface area contributed by atoms with E-state index in [1.807, 2.05) is 12.1 Å². The van der Waals surface area contributed by atoms with Gasteiger partial charge in [0.25, 0.3) is 5.91 Å². The lowest BCUT2D eigenvalue weighted by Crippen LogP contribution is -2.42. The van der Waals surface area contributed by atoms with Crippen molar-refractivity contribution in [3.8, 4) is 11.5 Å². The molecular weight excluding hydrogens is 402 g/mol. The van der Waals surface area contributed by atoms with Crippen LogP contribution < -0.4 is 19.8 Å². The molecule has 1 aliphatic heterocycles. The number of halogens is 1. The summed E-state index contributed by atoms with van der Waals surface area (Å²) in [6.45, 7) is 6.27. The summed E-state index contributed by atoms with van der Waals surface area (Å²) in [4.78, 5) is 14.2. The summed E-state index contributed by atoms with van der Waals surface area (Å²) in [6, 6.07) is 10.9. The highest BCUT2D eigenvalue weighted by atomic mass is 35.5. The largest absolute Gasteiger partial charge is 0.496 e. The fraction of sp³-hybridized carbons (Fsp3) is 0.304. The second-order valence-electron chi connectivity index (χ2n) is 7.69. The Hall–Kier alpha value is -2.99. The molecule has 0 unspecified atom stereocenters. The van der Waals surface area contributed by atoms with Crippen LogP contribution in [0.2, 0.25) is 5.02 Å². The average Bonchev–Trinajstić information content (AvgIpc) is 2.70. The van der Waals surface area contributed by atoms with Crippen LogP contribution in [0.15, 0.2) is 47.6 Å². The lowest BCUT2D eigenvalue weighted by molar-refractivity contribution is -0.123. The Labute approximate surface area is 182 Å². The molecule has 0 spiro atoms. The Morgan fingerprint density at radius 1 is 1.30 bits per heavy atom. The molecule has 7 heteroatoms. The summed E-state index contributed by atoms with van der Waals surface area (Å²) in [6.07, 6.45) is 3.81. The van der Waals surface area contributed by atoms with E-state index in [2.05, 4.69) is 49.3 Å². The number of ether oxygens (including phenoxy) is 2. The van der Waals surface area contributed by atoms with E-state index in [0.717, 1.165) is 16.8 Å². The first-order valence-corrected chi connectivity index (χ1v) is 9.95. The number of carbonyl (C=O) groups excluding carboxylic acids is 1. The van der Waals surface area contributed by atoms with Gasteiger partial charge in [-0.2, -0.15) is 5.10 Å². The van der Waals surface area contributed by atoms with Crippen LogP contribution in [0, 0.1) is 0 Å². The molecule has 0 radical (unpaired) electrons. The molecule has 0 saturated heterocycles. The Bertz CT molecular complexity index is 1010. The van der Waals surface area contributed by atoms with Crippen molar-refractivity contribution in [2.75, 3.05) is 25.7 Å². The van der Waals surface area contributed by atoms with Crippen LogP contribution in [-0.4, -0.2) is 38.4 Å². The highest BCUT2D eigenvalue weighted by molar-refractivity contribution is 6.30. The lowest BCUT2D eigenvalue weighted by atomic mass is 9.88. The fourth-order valence-electron chi connectivity index (χ4n) is 3.38. The summed E-state index contributed by atoms with van der Waals surface area (Å²) < 4.78 is 11.0. The average molecular weight is 428 g/mol. The predicted octanol–water partition coefficient (Wildman–Crippen LogP) is 4.51. The van der Waals surface area contributed by atoms with Crippen LogP contribution in [0.1, 0.15) is 31.9 Å². The molecule has 2 aromatic carbocycles. The predicted molar refractivity (Wildman–Crippen MR) is 122 cm³/mol. The summed E-state index contributed by atoms with van der Waals surface area (Å²) >= 11 is 5.90. The third kappa shape index (κ3) is 4.76. The Morgan fingerprint density at radius 3 is 2.77 bits per heavy atom. The van der Waals surface area contributed by atoms with Crippen LogP contribution >= 0.6 is 11.6 Å². The van der Waals surface area contributed by atoms with Gasteiger partial charge in [0.05, 0.1) is 18.9 Å². The molecule has 2 aromatic rings. The number of nitrogens with zero attached hydrogens (tertiary/aromatic N) is 2. The smallest absolute Gasteiger partial charge is 0.277 e. The van der Waals surface area contributed by atoms with Gasteiger partial charge in [0.2, 0.25) is 0 Å². The van der Waals surface area contributed by atoms with Crippen molar-refractivity contribution in [3.05, 3.63) is 58.6 Å². The SMILES string of the molecule is COc1cc2c(cc1/C=N/NC(=O)COc1cccc(Cl)c1)C(C)=CC(C)(C)N2C. The van der Waals surface area contributed by atoms with Gasteiger partial charge in [-0.25, -0.2) is 5.43 Å². The van der Waals surface area contributed by atoms with Crippen LogP contribution in [-0.2, 0) is 4.79 Å². The number of methoxy groups -OCH3 is 1. The maximum Gasteiger partial charge on any atom is 0.277 e. The maximum atomic E-state index is 12.0. The molecule has 1 amide bonds. The molecule has 0 atom stereocenters. The fourth-order valence-corrected chi connectivity index (χ4v) is 3.56. The van der Waals surface area contributed by atoms with E-state index in [0.29, 0.717) is 16.5 Å². The number of rotatable bonds is 6. The van der Waals surface area contributed by atoms with E-state index in [-0.39, 0.29) is 18.1 Å². The highest BCUT2D eigenvalue weighted by Gasteiger charge is 2.29. The molecule has 1 N–H and O–H groups in total. The normalized spacial score (nSPS) is 14.9. The first-order valence-electron chi connectivity index (χ1n) is 9.57. The number of nitrogens with one attached hydrogen (secondary N) is 1. The molecule has 0 saturated carbocycles. The summed E-state index contributed by atoms with van der Waals surface area (Å²) in [7, 11) is 3.68. The topological polar surface area (TPSA) is 63.2 Å². The molecule has 30 heavy (non-hydrogen) atoms. The van der Waals surface area contributed by atoms with E-state index in [9.17, 15) is 4.79 Å². The zero-order valence-corrected chi connectivity index (χ0v) is 18.6. The molecule has 0 aliphatic carbocycles. The number of hydrogen-bond acceptors (Lipinski definition) is 5. The van der Waals surface area contributed by atoms with Crippen molar-refractivity contribution in [2.45, 2.75) is 26.3 Å². The third-order valence-corrected chi connectivity index (χ3v) is 5.36. The van der Waals surface area contributed by atoms with Crippen LogP contribution in [0.25, 0.3) is 5.57 Å². The zero-order chi connectivity index (χ0) is 21.9. The minimum absolute atomic E-state index is 0.0886. The van der Waals surface area contributed by atoms with Gasteiger partial charge in [-0.3, -0.25) is 4.79 Å². The molecule has 3 rings (SSSR count). The molecule has 0 aromatic heterocycles.